The number of carbonyl (C=O) groups excluding carboxylic acids is 1. The number of phenolic OH excluding ortho intramolecular Hbond substituents is 1. The summed E-state index contributed by atoms with van der Waals surface area (Å²) in [7, 11) is 1.48. The third-order valence-electron chi connectivity index (χ3n) is 3.35. The van der Waals surface area contributed by atoms with Gasteiger partial charge in [0.05, 0.1) is 12.7 Å². The van der Waals surface area contributed by atoms with E-state index in [1.807, 2.05) is 12.1 Å². The van der Waals surface area contributed by atoms with Gasteiger partial charge in [-0.15, -0.1) is 0 Å². The number of nitrogens with one attached hydrogen (secondary N) is 2. The van der Waals surface area contributed by atoms with E-state index in [-0.39, 0.29) is 11.7 Å². The van der Waals surface area contributed by atoms with Gasteiger partial charge in [-0.1, -0.05) is 28.1 Å². The van der Waals surface area contributed by atoms with Gasteiger partial charge in [0.2, 0.25) is 0 Å². The van der Waals surface area contributed by atoms with Crippen molar-refractivity contribution in [2.24, 2.45) is 0 Å². The van der Waals surface area contributed by atoms with Crippen LogP contribution in [0.1, 0.15) is 22.1 Å². The van der Waals surface area contributed by atoms with Crippen LogP contribution in [0.3, 0.4) is 0 Å². The molecule has 0 saturated carbocycles. The van der Waals surface area contributed by atoms with Gasteiger partial charge in [0.25, 0.3) is 5.91 Å². The number of ether oxygens (including phenoxy) is 1. The molecule has 0 fully saturated rings. The number of halogens is 1. The molecule has 21 heavy (non-hydrogen) atoms. The van der Waals surface area contributed by atoms with Gasteiger partial charge in [-0.3, -0.25) is 4.79 Å². The summed E-state index contributed by atoms with van der Waals surface area (Å²) in [5.74, 6) is 0.153. The number of carbonyl (C=O) groups is 1. The van der Waals surface area contributed by atoms with Gasteiger partial charge >= 0.3 is 0 Å². The van der Waals surface area contributed by atoms with Crippen molar-refractivity contribution in [3.8, 4) is 11.5 Å². The number of phenols is 1. The number of hydrogen-bond acceptors (Lipinski definition) is 4. The number of benzene rings is 2. The molecule has 6 heteroatoms. The average molecular weight is 349 g/mol. The number of para-hydroxylation sites is 1. The minimum absolute atomic E-state index is 0.00196. The van der Waals surface area contributed by atoms with Crippen molar-refractivity contribution in [1.29, 1.82) is 0 Å². The van der Waals surface area contributed by atoms with Crippen LogP contribution < -0.4 is 15.4 Å². The molecule has 2 aromatic rings. The molecule has 0 spiro atoms. The summed E-state index contributed by atoms with van der Waals surface area (Å²) in [5.41, 5.74) is 1.84. The van der Waals surface area contributed by atoms with E-state index in [2.05, 4.69) is 26.6 Å². The van der Waals surface area contributed by atoms with Crippen molar-refractivity contribution >= 4 is 27.5 Å². The van der Waals surface area contributed by atoms with Crippen LogP contribution in [0.25, 0.3) is 0 Å². The smallest absolute Gasteiger partial charge is 0.255 e. The molecule has 0 aromatic heterocycles. The van der Waals surface area contributed by atoms with Gasteiger partial charge in [0.1, 0.15) is 6.17 Å². The van der Waals surface area contributed by atoms with Crippen LogP contribution >= 0.6 is 15.9 Å². The fourth-order valence-electron chi connectivity index (χ4n) is 2.33. The molecule has 1 amide bonds. The fraction of sp³-hybridized carbons (Fsp3) is 0.133. The van der Waals surface area contributed by atoms with E-state index < -0.39 is 6.17 Å². The molecule has 3 N–H and O–H groups in total. The predicted octanol–water partition coefficient (Wildman–Crippen LogP) is 3.02. The minimum atomic E-state index is -0.529. The lowest BCUT2D eigenvalue weighted by Crippen LogP contribution is -2.38. The Balaban J connectivity index is 2.04. The fourth-order valence-corrected chi connectivity index (χ4v) is 2.79. The van der Waals surface area contributed by atoms with E-state index in [4.69, 9.17) is 4.74 Å². The molecule has 0 radical (unpaired) electrons. The highest BCUT2D eigenvalue weighted by molar-refractivity contribution is 9.10. The van der Waals surface area contributed by atoms with E-state index in [0.717, 1.165) is 10.2 Å². The van der Waals surface area contributed by atoms with Crippen LogP contribution in [0.15, 0.2) is 40.9 Å². The van der Waals surface area contributed by atoms with E-state index in [1.54, 1.807) is 24.3 Å². The summed E-state index contributed by atoms with van der Waals surface area (Å²) in [6, 6.07) is 10.6. The maximum absolute atomic E-state index is 12.1. The van der Waals surface area contributed by atoms with Crippen molar-refractivity contribution in [2.75, 3.05) is 12.4 Å². The Morgan fingerprint density at radius 1 is 1.24 bits per heavy atom. The van der Waals surface area contributed by atoms with Gasteiger partial charge in [-0.25, -0.2) is 0 Å². The Hall–Kier alpha value is -2.21. The second-order valence-electron chi connectivity index (χ2n) is 4.64. The quantitative estimate of drug-likeness (QED) is 0.780. The normalized spacial score (nSPS) is 16.7. The molecule has 5 nitrogen and oxygen atoms in total. The number of aromatic hydroxyl groups is 1. The van der Waals surface area contributed by atoms with Crippen molar-refractivity contribution in [3.63, 3.8) is 0 Å². The third kappa shape index (κ3) is 2.42. The molecule has 1 aliphatic rings. The summed E-state index contributed by atoms with van der Waals surface area (Å²) in [6.45, 7) is 0. The van der Waals surface area contributed by atoms with Gasteiger partial charge in [0, 0.05) is 15.7 Å². The minimum Gasteiger partial charge on any atom is -0.504 e. The van der Waals surface area contributed by atoms with Crippen molar-refractivity contribution in [1.82, 2.24) is 5.32 Å². The van der Waals surface area contributed by atoms with Crippen molar-refractivity contribution in [2.45, 2.75) is 6.17 Å². The number of rotatable bonds is 2. The largest absolute Gasteiger partial charge is 0.504 e. The molecule has 0 bridgehead atoms. The highest BCUT2D eigenvalue weighted by atomic mass is 79.9. The molecular formula is C15H13BrN2O3. The number of methoxy groups -OCH3 is 1. The topological polar surface area (TPSA) is 70.6 Å². The van der Waals surface area contributed by atoms with Gasteiger partial charge in [-0.2, -0.15) is 0 Å². The maximum Gasteiger partial charge on any atom is 0.255 e. The van der Waals surface area contributed by atoms with Crippen LogP contribution in [-0.4, -0.2) is 18.1 Å². The zero-order valence-corrected chi connectivity index (χ0v) is 12.8. The lowest BCUT2D eigenvalue weighted by Gasteiger charge is -2.29. The van der Waals surface area contributed by atoms with E-state index >= 15 is 0 Å². The molecule has 2 aromatic carbocycles. The molecule has 0 unspecified atom stereocenters. The Bertz CT molecular complexity index is 718. The summed E-state index contributed by atoms with van der Waals surface area (Å²) in [5, 5.41) is 16.3. The molecule has 108 valence electrons. The third-order valence-corrected chi connectivity index (χ3v) is 3.80. The first-order valence-corrected chi connectivity index (χ1v) is 7.12. The number of fused-ring (bicyclic) bond motifs is 1. The lowest BCUT2D eigenvalue weighted by molar-refractivity contribution is 0.0935. The van der Waals surface area contributed by atoms with Crippen molar-refractivity contribution < 1.29 is 14.6 Å². The number of anilines is 1. The molecule has 1 aliphatic heterocycles. The highest BCUT2D eigenvalue weighted by Gasteiger charge is 2.27. The van der Waals surface area contributed by atoms with Gasteiger partial charge < -0.3 is 20.5 Å². The molecule has 0 saturated heterocycles. The number of hydrogen-bond donors (Lipinski definition) is 3. The van der Waals surface area contributed by atoms with Crippen LogP contribution in [0.4, 0.5) is 5.69 Å². The van der Waals surface area contributed by atoms with Crippen LogP contribution in [0.2, 0.25) is 0 Å². The maximum atomic E-state index is 12.1. The number of amides is 1. The second kappa shape index (κ2) is 5.29. The monoisotopic (exact) mass is 348 g/mol. The molecule has 3 rings (SSSR count). The van der Waals surface area contributed by atoms with Crippen LogP contribution in [-0.2, 0) is 0 Å². The zero-order valence-electron chi connectivity index (χ0n) is 11.2. The molecule has 1 heterocycles. The van der Waals surface area contributed by atoms with E-state index in [9.17, 15) is 9.90 Å². The summed E-state index contributed by atoms with van der Waals surface area (Å²) < 4.78 is 5.89. The first kappa shape index (κ1) is 13.8. The molecule has 0 aliphatic carbocycles. The Morgan fingerprint density at radius 2 is 2.00 bits per heavy atom. The zero-order chi connectivity index (χ0) is 15.0. The summed E-state index contributed by atoms with van der Waals surface area (Å²) >= 11 is 3.37. The lowest BCUT2D eigenvalue weighted by atomic mass is 10.0. The Kier molecular flexibility index (Phi) is 3.47. The Labute approximate surface area is 130 Å². The van der Waals surface area contributed by atoms with Gasteiger partial charge in [0.15, 0.2) is 11.5 Å². The highest BCUT2D eigenvalue weighted by Crippen LogP contribution is 2.38. The molecular weight excluding hydrogens is 336 g/mol. The van der Waals surface area contributed by atoms with Crippen molar-refractivity contribution in [3.05, 3.63) is 52.0 Å². The molecule has 1 atom stereocenters. The van der Waals surface area contributed by atoms with E-state index in [1.165, 1.54) is 7.11 Å². The predicted molar refractivity (Wildman–Crippen MR) is 82.6 cm³/mol. The summed E-state index contributed by atoms with van der Waals surface area (Å²) in [4.78, 5) is 12.1. The van der Waals surface area contributed by atoms with E-state index in [0.29, 0.717) is 16.9 Å². The average Bonchev–Trinajstić information content (AvgIpc) is 2.49. The summed E-state index contributed by atoms with van der Waals surface area (Å²) in [6.07, 6.45) is -0.529. The van der Waals surface area contributed by atoms with Crippen LogP contribution in [0.5, 0.6) is 11.5 Å². The van der Waals surface area contributed by atoms with Crippen LogP contribution in [0, 0.1) is 0 Å². The van der Waals surface area contributed by atoms with Gasteiger partial charge in [-0.05, 0) is 24.3 Å². The Morgan fingerprint density at radius 3 is 2.76 bits per heavy atom. The standard InChI is InChI=1S/C15H13BrN2O3/c1-21-12-7-8(16)6-10(13(12)19)14-17-11-5-3-2-4-9(11)15(20)18-14/h2-7,14,17,19H,1H3,(H,18,20)/t14-/m0/s1. The SMILES string of the molecule is COc1cc(Br)cc([C@@H]2NC(=O)c3ccccc3N2)c1O. The first-order valence-electron chi connectivity index (χ1n) is 6.33. The second-order valence-corrected chi connectivity index (χ2v) is 5.56. The first-order chi connectivity index (χ1) is 10.1.